The van der Waals surface area contributed by atoms with Gasteiger partial charge in [0.1, 0.15) is 5.75 Å². The Bertz CT molecular complexity index is 1170. The first kappa shape index (κ1) is 31.0. The summed E-state index contributed by atoms with van der Waals surface area (Å²) in [5.74, 6) is 1.38. The topological polar surface area (TPSA) is 67.6 Å². The molecule has 3 heterocycles. The van der Waals surface area contributed by atoms with E-state index in [2.05, 4.69) is 103 Å². The molecule has 210 valence electrons. The van der Waals surface area contributed by atoms with Gasteiger partial charge in [0, 0.05) is 36.7 Å². The molecule has 39 heavy (non-hydrogen) atoms. The van der Waals surface area contributed by atoms with Crippen LogP contribution < -0.4 is 15.8 Å². The van der Waals surface area contributed by atoms with Gasteiger partial charge in [-0.15, -0.1) is 24.8 Å². The van der Waals surface area contributed by atoms with E-state index in [1.807, 2.05) is 0 Å². The van der Waals surface area contributed by atoms with Crippen LogP contribution in [-0.2, 0) is 11.3 Å². The summed E-state index contributed by atoms with van der Waals surface area (Å²) in [7, 11) is 1.73. The molecule has 1 amide bonds. The number of carbonyl (C=O) groups is 1. The van der Waals surface area contributed by atoms with Crippen LogP contribution in [0.4, 0.5) is 0 Å². The Kier molecular flexibility index (Phi) is 10.9. The van der Waals surface area contributed by atoms with Gasteiger partial charge in [-0.25, -0.2) is 0 Å². The smallest absolute Gasteiger partial charge is 0.222 e. The minimum atomic E-state index is -0.185. The Morgan fingerprint density at radius 2 is 1.59 bits per heavy atom. The van der Waals surface area contributed by atoms with Crippen LogP contribution in [0.5, 0.6) is 5.75 Å². The predicted molar refractivity (Wildman–Crippen MR) is 163 cm³/mol. The van der Waals surface area contributed by atoms with E-state index < -0.39 is 0 Å². The molecule has 0 aliphatic carbocycles. The van der Waals surface area contributed by atoms with Gasteiger partial charge in [0.25, 0.3) is 0 Å². The number of benzene rings is 3. The Morgan fingerprint density at radius 3 is 2.13 bits per heavy atom. The zero-order chi connectivity index (χ0) is 25.9. The molecular formula is C32H41Cl2N3O2. The molecule has 3 fully saturated rings. The lowest BCUT2D eigenvalue weighted by Crippen LogP contribution is -2.68. The van der Waals surface area contributed by atoms with Crippen LogP contribution in [0.15, 0.2) is 78.9 Å². The van der Waals surface area contributed by atoms with E-state index in [4.69, 9.17) is 10.5 Å². The van der Waals surface area contributed by atoms with Gasteiger partial charge in [0.15, 0.2) is 0 Å². The zero-order valence-corrected chi connectivity index (χ0v) is 24.6. The third-order valence-corrected chi connectivity index (χ3v) is 8.47. The quantitative estimate of drug-likeness (QED) is 0.344. The van der Waals surface area contributed by atoms with Crippen molar-refractivity contribution < 1.29 is 9.53 Å². The number of halogens is 2. The van der Waals surface area contributed by atoms with E-state index in [-0.39, 0.29) is 60.6 Å². The highest BCUT2D eigenvalue weighted by Crippen LogP contribution is 2.44. The summed E-state index contributed by atoms with van der Waals surface area (Å²) in [6.45, 7) is 6.82. The van der Waals surface area contributed by atoms with Crippen LogP contribution in [0.2, 0.25) is 0 Å². The number of fused-ring (bicyclic) bond motifs is 3. The first-order valence-corrected chi connectivity index (χ1v) is 13.5. The van der Waals surface area contributed by atoms with Crippen LogP contribution in [0.1, 0.15) is 54.4 Å². The number of nitrogens with zero attached hydrogens (tertiary/aromatic N) is 1. The molecule has 6 rings (SSSR count). The maximum atomic E-state index is 12.5. The van der Waals surface area contributed by atoms with Gasteiger partial charge < -0.3 is 15.8 Å². The van der Waals surface area contributed by atoms with Gasteiger partial charge >= 0.3 is 0 Å². The lowest BCUT2D eigenvalue weighted by atomic mass is 9.66. The van der Waals surface area contributed by atoms with Crippen LogP contribution >= 0.6 is 24.8 Å². The largest absolute Gasteiger partial charge is 0.496 e. The maximum Gasteiger partial charge on any atom is 0.222 e. The fourth-order valence-corrected chi connectivity index (χ4v) is 6.60. The minimum absolute atomic E-state index is 0. The van der Waals surface area contributed by atoms with Crippen molar-refractivity contribution >= 4 is 30.7 Å². The summed E-state index contributed by atoms with van der Waals surface area (Å²) in [6, 6.07) is 28.4. The molecule has 3 aromatic carbocycles. The molecule has 7 heteroatoms. The second-order valence-corrected chi connectivity index (χ2v) is 10.9. The predicted octanol–water partition coefficient (Wildman–Crippen LogP) is 5.76. The average Bonchev–Trinajstić information content (AvgIpc) is 2.93. The summed E-state index contributed by atoms with van der Waals surface area (Å²) in [6.07, 6.45) is 0.973. The number of hydrogen-bond donors (Lipinski definition) is 2. The van der Waals surface area contributed by atoms with Crippen molar-refractivity contribution in [2.24, 2.45) is 17.6 Å². The maximum absolute atomic E-state index is 12.5. The Labute approximate surface area is 245 Å². The molecule has 0 aromatic heterocycles. The molecule has 3 saturated heterocycles. The molecule has 3 aromatic rings. The van der Waals surface area contributed by atoms with E-state index in [1.54, 1.807) is 7.11 Å². The van der Waals surface area contributed by atoms with E-state index >= 15 is 0 Å². The monoisotopic (exact) mass is 569 g/mol. The molecule has 2 bridgehead atoms. The second-order valence-electron chi connectivity index (χ2n) is 10.9. The van der Waals surface area contributed by atoms with E-state index in [1.165, 1.54) is 16.7 Å². The first-order valence-electron chi connectivity index (χ1n) is 13.5. The van der Waals surface area contributed by atoms with Gasteiger partial charge in [-0.3, -0.25) is 9.69 Å². The van der Waals surface area contributed by atoms with Gasteiger partial charge in [0.05, 0.1) is 13.0 Å². The third kappa shape index (κ3) is 6.44. The number of nitrogens with one attached hydrogen (secondary N) is 1. The lowest BCUT2D eigenvalue weighted by molar-refractivity contribution is -0.132. The van der Waals surface area contributed by atoms with Crippen molar-refractivity contribution in [3.05, 3.63) is 101 Å². The van der Waals surface area contributed by atoms with Gasteiger partial charge in [-0.05, 0) is 47.6 Å². The number of primary amides is 1. The summed E-state index contributed by atoms with van der Waals surface area (Å²) >= 11 is 0. The van der Waals surface area contributed by atoms with Gasteiger partial charge in [-0.1, -0.05) is 86.6 Å². The van der Waals surface area contributed by atoms with Crippen molar-refractivity contribution in [2.45, 2.75) is 50.7 Å². The Morgan fingerprint density at radius 1 is 0.974 bits per heavy atom. The molecule has 0 spiro atoms. The third-order valence-electron chi connectivity index (χ3n) is 8.47. The number of amides is 1. The van der Waals surface area contributed by atoms with E-state index in [0.717, 1.165) is 30.8 Å². The first-order chi connectivity index (χ1) is 18.0. The Balaban J connectivity index is 0.00000210. The molecule has 3 aliphatic heterocycles. The summed E-state index contributed by atoms with van der Waals surface area (Å²) in [5, 5.41) is 3.94. The normalized spacial score (nSPS) is 23.7. The Hall–Kier alpha value is -2.57. The van der Waals surface area contributed by atoms with Crippen molar-refractivity contribution in [1.29, 1.82) is 0 Å². The molecule has 3 aliphatic rings. The molecule has 3 N–H and O–H groups in total. The molecule has 0 saturated carbocycles. The number of rotatable bonds is 9. The van der Waals surface area contributed by atoms with Gasteiger partial charge in [0.2, 0.25) is 5.91 Å². The lowest BCUT2D eigenvalue weighted by Gasteiger charge is -2.56. The highest BCUT2D eigenvalue weighted by molar-refractivity contribution is 5.85. The van der Waals surface area contributed by atoms with Crippen molar-refractivity contribution in [1.82, 2.24) is 10.2 Å². The number of hydrogen-bond acceptors (Lipinski definition) is 4. The van der Waals surface area contributed by atoms with Crippen LogP contribution in [0, 0.1) is 11.8 Å². The number of ether oxygens (including phenoxy) is 1. The van der Waals surface area contributed by atoms with Crippen molar-refractivity contribution in [2.75, 3.05) is 20.2 Å². The molecular weight excluding hydrogens is 529 g/mol. The van der Waals surface area contributed by atoms with Crippen LogP contribution in [0.3, 0.4) is 0 Å². The molecule has 1 unspecified atom stereocenters. The minimum Gasteiger partial charge on any atom is -0.496 e. The van der Waals surface area contributed by atoms with Crippen LogP contribution in [0.25, 0.3) is 0 Å². The zero-order valence-electron chi connectivity index (χ0n) is 23.0. The SMILES string of the molecule is COc1ccc(C(C)C)cc1CN[C@@H]1[C@@H]2CCN(C[C@H]2C(N)=O)[C@@H]1C(c1ccccc1)c1ccccc1.Cl.Cl. The van der Waals surface area contributed by atoms with Crippen molar-refractivity contribution in [3.63, 3.8) is 0 Å². The standard InChI is InChI=1S/C32H39N3O2.2ClH/c1-21(2)24-14-15-28(37-3)25(18-24)19-34-30-26-16-17-35(20-27(26)32(33)36)31(30)29(22-10-6-4-7-11-22)23-12-8-5-9-13-23;;/h4-15,18,21,26-27,29-31,34H,16-17,19-20H2,1-3H3,(H2,33,36);2*1H/t26-,27-,30-,31-;;/m1../s1. The fourth-order valence-electron chi connectivity index (χ4n) is 6.60. The molecule has 5 nitrogen and oxygen atoms in total. The number of methoxy groups -OCH3 is 1. The second kappa shape index (κ2) is 13.7. The summed E-state index contributed by atoms with van der Waals surface area (Å²) in [4.78, 5) is 15.1. The van der Waals surface area contributed by atoms with E-state index in [9.17, 15) is 4.79 Å². The van der Waals surface area contributed by atoms with Gasteiger partial charge in [-0.2, -0.15) is 0 Å². The fraction of sp³-hybridized carbons (Fsp3) is 0.406. The summed E-state index contributed by atoms with van der Waals surface area (Å²) < 4.78 is 5.73. The highest BCUT2D eigenvalue weighted by atomic mass is 35.5. The van der Waals surface area contributed by atoms with Crippen LogP contribution in [-0.4, -0.2) is 43.1 Å². The average molecular weight is 571 g/mol. The highest BCUT2D eigenvalue weighted by Gasteiger charge is 2.51. The molecule has 0 radical (unpaired) electrons. The summed E-state index contributed by atoms with van der Waals surface area (Å²) in [5.41, 5.74) is 11.0. The number of piperidine rings is 3. The number of carbonyl (C=O) groups excluding carboxylic acids is 1. The van der Waals surface area contributed by atoms with Crippen molar-refractivity contribution in [3.8, 4) is 5.75 Å². The van der Waals surface area contributed by atoms with E-state index in [0.29, 0.717) is 12.5 Å². The molecule has 5 atom stereocenters. The number of nitrogens with two attached hydrogens (primary N) is 1.